The van der Waals surface area contributed by atoms with E-state index in [0.29, 0.717) is 6.61 Å². The number of carbonyl (C=O) groups excluding carboxylic acids is 1. The van der Waals surface area contributed by atoms with Crippen molar-refractivity contribution >= 4 is 5.78 Å². The monoisotopic (exact) mass is 214 g/mol. The maximum absolute atomic E-state index is 12.6. The van der Waals surface area contributed by atoms with Gasteiger partial charge in [0.15, 0.2) is 5.78 Å². The standard InChI is InChI=1S/C11H12F2O2/c1-3-15-9-6-4-5-8(11(12)13)10(9)7(2)14/h4-6,11H,3H2,1-2H3. The Balaban J connectivity index is 3.28. The number of rotatable bonds is 4. The predicted octanol–water partition coefficient (Wildman–Crippen LogP) is 3.23. The molecule has 0 saturated carbocycles. The van der Waals surface area contributed by atoms with Crippen LogP contribution in [0.25, 0.3) is 0 Å². The van der Waals surface area contributed by atoms with Gasteiger partial charge in [0.25, 0.3) is 6.43 Å². The SMILES string of the molecule is CCOc1cccc(C(F)F)c1C(C)=O. The average Bonchev–Trinajstić information content (AvgIpc) is 2.17. The van der Waals surface area contributed by atoms with Crippen molar-refractivity contribution in [2.45, 2.75) is 20.3 Å². The number of halogens is 2. The summed E-state index contributed by atoms with van der Waals surface area (Å²) in [6, 6.07) is 4.22. The first-order valence-electron chi connectivity index (χ1n) is 4.62. The minimum atomic E-state index is -2.66. The Bertz CT molecular complexity index is 362. The second kappa shape index (κ2) is 4.87. The number of alkyl halides is 2. The summed E-state index contributed by atoms with van der Waals surface area (Å²) in [6.07, 6.45) is -2.66. The van der Waals surface area contributed by atoms with Crippen LogP contribution in [0.2, 0.25) is 0 Å². The van der Waals surface area contributed by atoms with Crippen molar-refractivity contribution in [3.63, 3.8) is 0 Å². The summed E-state index contributed by atoms with van der Waals surface area (Å²) in [7, 11) is 0. The zero-order valence-corrected chi connectivity index (χ0v) is 8.59. The molecule has 0 saturated heterocycles. The van der Waals surface area contributed by atoms with Gasteiger partial charge in [-0.25, -0.2) is 8.78 Å². The third-order valence-corrected chi connectivity index (χ3v) is 1.95. The maximum Gasteiger partial charge on any atom is 0.264 e. The zero-order chi connectivity index (χ0) is 11.4. The molecule has 0 unspecified atom stereocenters. The fourth-order valence-electron chi connectivity index (χ4n) is 1.38. The Kier molecular flexibility index (Phi) is 3.77. The van der Waals surface area contributed by atoms with Crippen LogP contribution >= 0.6 is 0 Å². The van der Waals surface area contributed by atoms with Gasteiger partial charge in [-0.2, -0.15) is 0 Å². The smallest absolute Gasteiger partial charge is 0.264 e. The maximum atomic E-state index is 12.6. The minimum Gasteiger partial charge on any atom is -0.493 e. The van der Waals surface area contributed by atoms with Crippen molar-refractivity contribution in [3.05, 3.63) is 29.3 Å². The molecule has 15 heavy (non-hydrogen) atoms. The van der Waals surface area contributed by atoms with Crippen molar-refractivity contribution in [1.29, 1.82) is 0 Å². The first-order chi connectivity index (χ1) is 7.07. The largest absolute Gasteiger partial charge is 0.493 e. The summed E-state index contributed by atoms with van der Waals surface area (Å²) < 4.78 is 30.3. The Morgan fingerprint density at radius 1 is 1.47 bits per heavy atom. The Labute approximate surface area is 86.9 Å². The second-order valence-electron chi connectivity index (χ2n) is 3.01. The van der Waals surface area contributed by atoms with Gasteiger partial charge in [-0.15, -0.1) is 0 Å². The van der Waals surface area contributed by atoms with Crippen molar-refractivity contribution in [2.75, 3.05) is 6.61 Å². The van der Waals surface area contributed by atoms with E-state index in [1.54, 1.807) is 6.92 Å². The van der Waals surface area contributed by atoms with Gasteiger partial charge in [0.2, 0.25) is 0 Å². The minimum absolute atomic E-state index is 0.0191. The van der Waals surface area contributed by atoms with Crippen LogP contribution in [0.1, 0.15) is 36.2 Å². The Hall–Kier alpha value is -1.45. The normalized spacial score (nSPS) is 10.5. The molecule has 2 nitrogen and oxygen atoms in total. The van der Waals surface area contributed by atoms with E-state index in [-0.39, 0.29) is 16.9 Å². The van der Waals surface area contributed by atoms with Crippen LogP contribution < -0.4 is 4.74 Å². The van der Waals surface area contributed by atoms with Crippen LogP contribution in [-0.2, 0) is 0 Å². The number of carbonyl (C=O) groups is 1. The van der Waals surface area contributed by atoms with E-state index >= 15 is 0 Å². The van der Waals surface area contributed by atoms with Gasteiger partial charge < -0.3 is 4.74 Å². The molecule has 1 aromatic rings. The molecule has 1 aromatic carbocycles. The molecular formula is C11H12F2O2. The number of hydrogen-bond donors (Lipinski definition) is 0. The van der Waals surface area contributed by atoms with Gasteiger partial charge in [0, 0.05) is 5.56 Å². The zero-order valence-electron chi connectivity index (χ0n) is 8.59. The highest BCUT2D eigenvalue weighted by Crippen LogP contribution is 2.30. The lowest BCUT2D eigenvalue weighted by Crippen LogP contribution is -2.05. The lowest BCUT2D eigenvalue weighted by Gasteiger charge is -2.11. The van der Waals surface area contributed by atoms with Crippen LogP contribution in [0, 0.1) is 0 Å². The number of benzene rings is 1. The van der Waals surface area contributed by atoms with E-state index in [2.05, 4.69) is 0 Å². The third kappa shape index (κ3) is 2.52. The molecule has 0 heterocycles. The summed E-state index contributed by atoms with van der Waals surface area (Å²) in [6.45, 7) is 3.33. The fourth-order valence-corrected chi connectivity index (χ4v) is 1.38. The predicted molar refractivity (Wildman–Crippen MR) is 52.6 cm³/mol. The molecule has 0 atom stereocenters. The molecule has 0 spiro atoms. The van der Waals surface area contributed by atoms with Crippen molar-refractivity contribution in [1.82, 2.24) is 0 Å². The molecule has 0 bridgehead atoms. The molecule has 0 aliphatic heterocycles. The highest BCUT2D eigenvalue weighted by Gasteiger charge is 2.19. The lowest BCUT2D eigenvalue weighted by atomic mass is 10.0. The molecule has 0 N–H and O–H groups in total. The molecule has 0 aliphatic rings. The van der Waals surface area contributed by atoms with Crippen molar-refractivity contribution < 1.29 is 18.3 Å². The molecular weight excluding hydrogens is 202 g/mol. The average molecular weight is 214 g/mol. The molecule has 1 rings (SSSR count). The van der Waals surface area contributed by atoms with E-state index in [1.807, 2.05) is 0 Å². The molecule has 0 radical (unpaired) electrons. The molecule has 82 valence electrons. The highest BCUT2D eigenvalue weighted by molar-refractivity contribution is 5.98. The summed E-state index contributed by atoms with van der Waals surface area (Å²) >= 11 is 0. The van der Waals surface area contributed by atoms with Crippen LogP contribution in [0.15, 0.2) is 18.2 Å². The van der Waals surface area contributed by atoms with E-state index in [1.165, 1.54) is 25.1 Å². The van der Waals surface area contributed by atoms with E-state index < -0.39 is 12.2 Å². The van der Waals surface area contributed by atoms with Crippen LogP contribution in [0.3, 0.4) is 0 Å². The van der Waals surface area contributed by atoms with E-state index in [0.717, 1.165) is 0 Å². The van der Waals surface area contributed by atoms with Gasteiger partial charge in [-0.05, 0) is 19.9 Å². The first-order valence-corrected chi connectivity index (χ1v) is 4.62. The fraction of sp³-hybridized carbons (Fsp3) is 0.364. The molecule has 0 aliphatic carbocycles. The Morgan fingerprint density at radius 2 is 2.13 bits per heavy atom. The van der Waals surface area contributed by atoms with Crippen LogP contribution in [0.4, 0.5) is 8.78 Å². The topological polar surface area (TPSA) is 26.3 Å². The molecule has 0 aromatic heterocycles. The van der Waals surface area contributed by atoms with Crippen molar-refractivity contribution in [3.8, 4) is 5.75 Å². The van der Waals surface area contributed by atoms with Crippen LogP contribution in [-0.4, -0.2) is 12.4 Å². The quantitative estimate of drug-likeness (QED) is 0.719. The third-order valence-electron chi connectivity index (χ3n) is 1.95. The summed E-state index contributed by atoms with van der Waals surface area (Å²) in [5.74, 6) is -0.183. The number of ketones is 1. The summed E-state index contributed by atoms with van der Waals surface area (Å²) in [4.78, 5) is 11.3. The number of Topliss-reactive ketones (excluding diaryl/α,β-unsaturated/α-hetero) is 1. The second-order valence-corrected chi connectivity index (χ2v) is 3.01. The van der Waals surface area contributed by atoms with Crippen molar-refractivity contribution in [2.24, 2.45) is 0 Å². The molecule has 0 amide bonds. The summed E-state index contributed by atoms with van der Waals surface area (Å²) in [5.41, 5.74) is -0.289. The highest BCUT2D eigenvalue weighted by atomic mass is 19.3. The summed E-state index contributed by atoms with van der Waals surface area (Å²) in [5, 5.41) is 0. The Morgan fingerprint density at radius 3 is 2.60 bits per heavy atom. The van der Waals surface area contributed by atoms with Gasteiger partial charge in [0.05, 0.1) is 12.2 Å². The molecule has 0 fully saturated rings. The molecule has 4 heteroatoms. The van der Waals surface area contributed by atoms with Gasteiger partial charge in [0.1, 0.15) is 5.75 Å². The first kappa shape index (κ1) is 11.6. The van der Waals surface area contributed by atoms with Crippen LogP contribution in [0.5, 0.6) is 5.75 Å². The van der Waals surface area contributed by atoms with Gasteiger partial charge >= 0.3 is 0 Å². The van der Waals surface area contributed by atoms with E-state index in [9.17, 15) is 13.6 Å². The number of ether oxygens (including phenoxy) is 1. The number of hydrogen-bond acceptors (Lipinski definition) is 2. The van der Waals surface area contributed by atoms with E-state index in [4.69, 9.17) is 4.74 Å². The van der Waals surface area contributed by atoms with Gasteiger partial charge in [-0.1, -0.05) is 12.1 Å². The van der Waals surface area contributed by atoms with Gasteiger partial charge in [-0.3, -0.25) is 4.79 Å². The lowest BCUT2D eigenvalue weighted by molar-refractivity contribution is 0.0994.